The molecule has 6 heteroatoms. The van der Waals surface area contributed by atoms with Crippen molar-refractivity contribution in [2.45, 2.75) is 32.7 Å². The number of nitrogens with two attached hydrogens (primary N) is 1. The Hall–Kier alpha value is -0.650. The summed E-state index contributed by atoms with van der Waals surface area (Å²) in [5, 5.41) is 5.20. The molecule has 3 N–H and O–H groups in total. The lowest BCUT2D eigenvalue weighted by molar-refractivity contribution is -0.117. The number of hydrogen-bond donors (Lipinski definition) is 2. The molecular weight excluding hydrogens is 234 g/mol. The quantitative estimate of drug-likeness (QED) is 0.857. The van der Waals surface area contributed by atoms with Crippen LogP contribution in [0, 0.1) is 6.92 Å². The van der Waals surface area contributed by atoms with Gasteiger partial charge < -0.3 is 11.1 Å². The average molecular weight is 250 g/mol. The van der Waals surface area contributed by atoms with Gasteiger partial charge in [0.05, 0.1) is 11.7 Å². The van der Waals surface area contributed by atoms with E-state index < -0.39 is 6.04 Å². The summed E-state index contributed by atoms with van der Waals surface area (Å²) in [4.78, 5) is 15.6. The van der Waals surface area contributed by atoms with E-state index in [2.05, 4.69) is 10.3 Å². The first-order valence-corrected chi connectivity index (χ1v) is 5.50. The van der Waals surface area contributed by atoms with E-state index in [9.17, 15) is 4.79 Å². The van der Waals surface area contributed by atoms with Crippen molar-refractivity contribution in [3.8, 4) is 0 Å². The van der Waals surface area contributed by atoms with Crippen molar-refractivity contribution in [1.29, 1.82) is 0 Å². The summed E-state index contributed by atoms with van der Waals surface area (Å²) in [6.07, 6.45) is 1.61. The molecule has 0 aliphatic rings. The summed E-state index contributed by atoms with van der Waals surface area (Å²) in [7, 11) is 0. The van der Waals surface area contributed by atoms with E-state index in [1.54, 1.807) is 0 Å². The Morgan fingerprint density at radius 2 is 2.40 bits per heavy atom. The van der Waals surface area contributed by atoms with Gasteiger partial charge in [-0.15, -0.1) is 23.7 Å². The predicted octanol–water partition coefficient (Wildman–Crippen LogP) is 1.94. The monoisotopic (exact) mass is 249 g/mol. The van der Waals surface area contributed by atoms with E-state index in [1.165, 1.54) is 11.3 Å². The fourth-order valence-corrected chi connectivity index (χ4v) is 1.74. The van der Waals surface area contributed by atoms with Crippen LogP contribution in [0.25, 0.3) is 0 Å². The van der Waals surface area contributed by atoms with Crippen molar-refractivity contribution in [2.24, 2.45) is 5.73 Å². The second-order valence-electron chi connectivity index (χ2n) is 3.18. The minimum atomic E-state index is -0.427. The third kappa shape index (κ3) is 4.59. The fraction of sp³-hybridized carbons (Fsp3) is 0.556. The fourth-order valence-electron chi connectivity index (χ4n) is 1.05. The predicted molar refractivity (Wildman–Crippen MR) is 65.6 cm³/mol. The number of anilines is 1. The summed E-state index contributed by atoms with van der Waals surface area (Å²) >= 11 is 1.41. The highest BCUT2D eigenvalue weighted by Crippen LogP contribution is 2.14. The number of nitrogens with zero attached hydrogens (tertiary/aromatic N) is 1. The number of hydrogen-bond acceptors (Lipinski definition) is 4. The van der Waals surface area contributed by atoms with Gasteiger partial charge in [0.15, 0.2) is 5.13 Å². The second-order valence-corrected chi connectivity index (χ2v) is 4.04. The standard InChI is InChI=1S/C9H15N3OS.ClH/c1-3-4-7(10)8(13)12-9-11-6(2)5-14-9;/h5,7H,3-4,10H2,1-2H3,(H,11,12,13);1H. The number of carbonyl (C=O) groups excluding carboxylic acids is 1. The number of aryl methyl sites for hydroxylation is 1. The Kier molecular flexibility index (Phi) is 6.47. The van der Waals surface area contributed by atoms with Crippen LogP contribution in [0.1, 0.15) is 25.5 Å². The molecule has 0 saturated carbocycles. The molecule has 1 amide bonds. The van der Waals surface area contributed by atoms with E-state index in [0.717, 1.165) is 12.1 Å². The third-order valence-corrected chi connectivity index (χ3v) is 2.66. The molecule has 1 rings (SSSR count). The molecule has 1 aromatic rings. The molecule has 0 spiro atoms. The number of nitrogens with one attached hydrogen (secondary N) is 1. The molecular formula is C9H16ClN3OS. The summed E-state index contributed by atoms with van der Waals surface area (Å²) in [5.74, 6) is -0.152. The SMILES string of the molecule is CCCC(N)C(=O)Nc1nc(C)cs1.Cl. The highest BCUT2D eigenvalue weighted by molar-refractivity contribution is 7.13. The van der Waals surface area contributed by atoms with Crippen LogP contribution in [0.3, 0.4) is 0 Å². The molecule has 0 aromatic carbocycles. The Labute approximate surface area is 99.7 Å². The Morgan fingerprint density at radius 3 is 2.87 bits per heavy atom. The summed E-state index contributed by atoms with van der Waals surface area (Å²) < 4.78 is 0. The lowest BCUT2D eigenvalue weighted by Gasteiger charge is -2.08. The zero-order valence-electron chi connectivity index (χ0n) is 8.82. The van der Waals surface area contributed by atoms with Crippen molar-refractivity contribution in [3.05, 3.63) is 11.1 Å². The van der Waals surface area contributed by atoms with Gasteiger partial charge >= 0.3 is 0 Å². The van der Waals surface area contributed by atoms with Gasteiger partial charge in [-0.1, -0.05) is 13.3 Å². The van der Waals surface area contributed by atoms with Crippen LogP contribution in [-0.4, -0.2) is 16.9 Å². The van der Waals surface area contributed by atoms with Gasteiger partial charge in [-0.3, -0.25) is 4.79 Å². The van der Waals surface area contributed by atoms with Crippen molar-refractivity contribution in [2.75, 3.05) is 5.32 Å². The van der Waals surface area contributed by atoms with Gasteiger partial charge in [-0.25, -0.2) is 4.98 Å². The van der Waals surface area contributed by atoms with Gasteiger partial charge in [-0.05, 0) is 13.3 Å². The van der Waals surface area contributed by atoms with Crippen LogP contribution in [0.15, 0.2) is 5.38 Å². The molecule has 0 aliphatic carbocycles. The molecule has 0 fully saturated rings. The lowest BCUT2D eigenvalue weighted by atomic mass is 10.2. The van der Waals surface area contributed by atoms with Crippen LogP contribution in [0.4, 0.5) is 5.13 Å². The maximum absolute atomic E-state index is 11.4. The first-order valence-electron chi connectivity index (χ1n) is 4.62. The summed E-state index contributed by atoms with van der Waals surface area (Å²) in [6.45, 7) is 3.89. The Morgan fingerprint density at radius 1 is 1.73 bits per heavy atom. The van der Waals surface area contributed by atoms with Crippen molar-refractivity contribution < 1.29 is 4.79 Å². The number of thiazole rings is 1. The summed E-state index contributed by atoms with van der Waals surface area (Å²) in [6, 6.07) is -0.427. The normalized spacial score (nSPS) is 11.7. The molecule has 4 nitrogen and oxygen atoms in total. The Balaban J connectivity index is 0.00000196. The third-order valence-electron chi connectivity index (χ3n) is 1.79. The van der Waals surface area contributed by atoms with Gasteiger partial charge in [0.1, 0.15) is 0 Å². The van der Waals surface area contributed by atoms with Gasteiger partial charge in [-0.2, -0.15) is 0 Å². The minimum Gasteiger partial charge on any atom is -0.320 e. The highest BCUT2D eigenvalue weighted by Gasteiger charge is 2.13. The van der Waals surface area contributed by atoms with Crippen LogP contribution in [-0.2, 0) is 4.79 Å². The van der Waals surface area contributed by atoms with E-state index in [1.807, 2.05) is 19.2 Å². The van der Waals surface area contributed by atoms with E-state index in [-0.39, 0.29) is 18.3 Å². The molecule has 1 atom stereocenters. The molecule has 86 valence electrons. The number of aromatic nitrogens is 1. The number of rotatable bonds is 4. The lowest BCUT2D eigenvalue weighted by Crippen LogP contribution is -2.35. The van der Waals surface area contributed by atoms with Crippen LogP contribution < -0.4 is 11.1 Å². The molecule has 15 heavy (non-hydrogen) atoms. The van der Waals surface area contributed by atoms with Crippen LogP contribution >= 0.6 is 23.7 Å². The first-order chi connectivity index (χ1) is 6.63. The number of carbonyl (C=O) groups is 1. The van der Waals surface area contributed by atoms with Crippen molar-refractivity contribution in [1.82, 2.24) is 4.98 Å². The number of halogens is 1. The molecule has 0 bridgehead atoms. The van der Waals surface area contributed by atoms with Gasteiger partial charge in [0.25, 0.3) is 0 Å². The topological polar surface area (TPSA) is 68.0 Å². The van der Waals surface area contributed by atoms with Crippen molar-refractivity contribution >= 4 is 34.8 Å². The smallest absolute Gasteiger partial charge is 0.243 e. The minimum absolute atomic E-state index is 0. The second kappa shape index (κ2) is 6.76. The Bertz CT molecular complexity index is 316. The summed E-state index contributed by atoms with van der Waals surface area (Å²) in [5.41, 5.74) is 6.56. The molecule has 1 heterocycles. The molecule has 1 unspecified atom stereocenters. The molecule has 0 radical (unpaired) electrons. The van der Waals surface area contributed by atoms with Gasteiger partial charge in [0, 0.05) is 5.38 Å². The van der Waals surface area contributed by atoms with E-state index in [4.69, 9.17) is 5.73 Å². The van der Waals surface area contributed by atoms with Gasteiger partial charge in [0.2, 0.25) is 5.91 Å². The molecule has 0 saturated heterocycles. The zero-order chi connectivity index (χ0) is 10.6. The van der Waals surface area contributed by atoms with Crippen LogP contribution in [0.2, 0.25) is 0 Å². The van der Waals surface area contributed by atoms with Crippen molar-refractivity contribution in [3.63, 3.8) is 0 Å². The van der Waals surface area contributed by atoms with E-state index >= 15 is 0 Å². The molecule has 0 aliphatic heterocycles. The molecule has 1 aromatic heterocycles. The largest absolute Gasteiger partial charge is 0.320 e. The average Bonchev–Trinajstić information content (AvgIpc) is 2.51. The zero-order valence-corrected chi connectivity index (χ0v) is 10.5. The van der Waals surface area contributed by atoms with E-state index in [0.29, 0.717) is 11.6 Å². The maximum Gasteiger partial charge on any atom is 0.243 e. The maximum atomic E-state index is 11.4. The number of amides is 1. The highest BCUT2D eigenvalue weighted by atomic mass is 35.5. The first kappa shape index (κ1) is 14.3. The van der Waals surface area contributed by atoms with Crippen LogP contribution in [0.5, 0.6) is 0 Å².